The van der Waals surface area contributed by atoms with E-state index in [0.717, 1.165) is 11.1 Å². The Bertz CT molecular complexity index is 3540. The second-order valence-corrected chi connectivity index (χ2v) is 28.3. The van der Waals surface area contributed by atoms with E-state index in [9.17, 15) is 53.2 Å². The van der Waals surface area contributed by atoms with E-state index < -0.39 is 143 Å². The first kappa shape index (κ1) is 71.9. The Morgan fingerprint density at radius 2 is 1.38 bits per heavy atom. The minimum Gasteiger partial charge on any atom is -0.756 e. The second-order valence-electron chi connectivity index (χ2n) is 27.0. The van der Waals surface area contributed by atoms with Gasteiger partial charge >= 0.3 is 16.8 Å². The molecule has 0 radical (unpaired) electrons. The van der Waals surface area contributed by atoms with E-state index in [4.69, 9.17) is 68.5 Å². The number of nitrogens with zero attached hydrogens (tertiary/aromatic N) is 6. The Morgan fingerprint density at radius 3 is 1.97 bits per heavy atom. The van der Waals surface area contributed by atoms with Crippen molar-refractivity contribution in [2.45, 2.75) is 189 Å². The predicted molar refractivity (Wildman–Crippen MR) is 332 cm³/mol. The van der Waals surface area contributed by atoms with Crippen LogP contribution in [0.3, 0.4) is 0 Å². The maximum Gasteiger partial charge on any atom is 3.00 e. The number of ether oxygens (including phenoxy) is 1. The number of nitrogens with two attached hydrogens (primary N) is 6. The van der Waals surface area contributed by atoms with Gasteiger partial charge in [-0.2, -0.15) is 5.70 Å². The molecule has 2 saturated heterocycles. The van der Waals surface area contributed by atoms with E-state index in [2.05, 4.69) is 10.3 Å². The Balaban J connectivity index is 0.0000118. The largest absolute Gasteiger partial charge is 3.00 e. The third kappa shape index (κ3) is 13.8. The number of aryl methyl sites for hydroxylation is 2. The van der Waals surface area contributed by atoms with E-state index >= 15 is 0 Å². The number of imidazole rings is 1. The zero-order valence-corrected chi connectivity index (χ0v) is 55.4. The molecular formula is C62H88CoN13O14P+. The molecule has 2 aromatic rings. The number of amides is 7. The van der Waals surface area contributed by atoms with Gasteiger partial charge in [-0.25, -0.2) is 4.98 Å². The van der Waals surface area contributed by atoms with Gasteiger partial charge in [0.15, 0.2) is 6.23 Å². The fourth-order valence-corrected chi connectivity index (χ4v) is 16.4. The number of hydrogen-bond acceptors (Lipinski definition) is 18. The number of phosphoric acid groups is 1. The van der Waals surface area contributed by atoms with Crippen LogP contribution < -0.4 is 44.6 Å². The van der Waals surface area contributed by atoms with Gasteiger partial charge in [0.1, 0.15) is 18.3 Å². The number of carbonyl (C=O) groups excluding carboxylic acids is 7. The number of aromatic nitrogens is 2. The number of carbonyl (C=O) groups is 7. The zero-order chi connectivity index (χ0) is 66.7. The molecule has 2 fully saturated rings. The van der Waals surface area contributed by atoms with Crippen molar-refractivity contribution in [2.75, 3.05) is 13.2 Å². The zero-order valence-electron chi connectivity index (χ0n) is 53.5. The van der Waals surface area contributed by atoms with Crippen LogP contribution in [0.2, 0.25) is 0 Å². The molecule has 91 heavy (non-hydrogen) atoms. The quantitative estimate of drug-likeness (QED) is 0.0610. The molecule has 1 unspecified atom stereocenters. The number of benzene rings is 1. The molecule has 15 atom stereocenters. The van der Waals surface area contributed by atoms with Crippen molar-refractivity contribution in [1.82, 2.24) is 14.9 Å². The van der Waals surface area contributed by atoms with Crippen LogP contribution >= 0.6 is 7.82 Å². The number of hydrogen-bond donors (Lipinski definition) is 9. The van der Waals surface area contributed by atoms with Crippen LogP contribution in [-0.2, 0) is 68.7 Å². The summed E-state index contributed by atoms with van der Waals surface area (Å²) in [6, 6.07) is 2.65. The van der Waals surface area contributed by atoms with Crippen LogP contribution in [0.1, 0.15) is 150 Å². The molecule has 8 rings (SSSR count). The van der Waals surface area contributed by atoms with Crippen LogP contribution in [0.5, 0.6) is 0 Å². The average molecular weight is 1330 g/mol. The molecule has 27 nitrogen and oxygen atoms in total. The summed E-state index contributed by atoms with van der Waals surface area (Å²) >= 11 is 0. The number of aliphatic hydroxyl groups is 2. The molecule has 0 aliphatic carbocycles. The smallest absolute Gasteiger partial charge is 0.756 e. The minimum atomic E-state index is -5.32. The van der Waals surface area contributed by atoms with E-state index in [-0.39, 0.29) is 94.0 Å². The summed E-state index contributed by atoms with van der Waals surface area (Å²) in [5, 5.41) is 30.1. The molecule has 0 saturated carbocycles. The molecule has 15 N–H and O–H groups in total. The molecule has 0 spiro atoms. The first-order chi connectivity index (χ1) is 41.8. The van der Waals surface area contributed by atoms with Gasteiger partial charge in [-0.3, -0.25) is 53.1 Å². The summed E-state index contributed by atoms with van der Waals surface area (Å²) in [6.07, 6.45) is -4.79. The maximum atomic E-state index is 14.4. The van der Waals surface area contributed by atoms with E-state index in [1.165, 1.54) is 17.8 Å². The van der Waals surface area contributed by atoms with E-state index in [1.54, 1.807) is 6.92 Å². The number of fused-ring (bicyclic) bond motifs is 7. The molecule has 7 heterocycles. The molecule has 1 aromatic heterocycles. The molecule has 7 amide bonds. The number of phosphoric ester groups is 1. The summed E-state index contributed by atoms with van der Waals surface area (Å²) in [6.45, 7) is 19.0. The number of allylic oxidation sites excluding steroid dienone is 6. The average Bonchev–Trinajstić information content (AvgIpc) is 1.53. The van der Waals surface area contributed by atoms with Crippen molar-refractivity contribution >= 4 is 77.3 Å². The maximum absolute atomic E-state index is 14.4. The number of aliphatic imine (C=N–C) groups is 3. The van der Waals surface area contributed by atoms with Crippen molar-refractivity contribution in [3.63, 3.8) is 0 Å². The number of primary amides is 6. The third-order valence-electron chi connectivity index (χ3n) is 20.5. The summed E-state index contributed by atoms with van der Waals surface area (Å²) in [4.78, 5) is 128. The second kappa shape index (κ2) is 26.8. The number of rotatable bonds is 26. The van der Waals surface area contributed by atoms with Crippen LogP contribution in [0, 0.1) is 59.2 Å². The predicted octanol–water partition coefficient (Wildman–Crippen LogP) is 3.31. The van der Waals surface area contributed by atoms with Gasteiger partial charge in [0.25, 0.3) is 7.82 Å². The van der Waals surface area contributed by atoms with Gasteiger partial charge < -0.3 is 78.5 Å². The topological polar surface area (TPSA) is 465 Å². The SMILES string of the molecule is C/C1=C2/[N-][C@H]([C@H](CC(N)=O)[C@@]2(C)CCC(=O)NC[C@@H](C)OP(=O)([O-])O[C@H]2[C@@H](O)[C@@H](n3cnc4cc(C)c(C)cc43)O[C@@H]2CO)[C@]2(C)N=C(/C(C)=C3N=C(/C=C4N=C1[C@@H](CCC(N)=O)C\4(C)C)[C@@H](CCC(N)=O)[C@]\3(C)CC(N)=O)[C@@H](CCC(N)=O)[C@]2(C)CC(N)=O.[Co+3]. The van der Waals surface area contributed by atoms with Gasteiger partial charge in [0.2, 0.25) is 41.4 Å². The van der Waals surface area contributed by atoms with Crippen LogP contribution in [0.25, 0.3) is 16.4 Å². The van der Waals surface area contributed by atoms with E-state index in [0.29, 0.717) is 56.4 Å². The van der Waals surface area contributed by atoms with Crippen LogP contribution in [0.15, 0.2) is 67.8 Å². The first-order valence-electron chi connectivity index (χ1n) is 30.5. The van der Waals surface area contributed by atoms with Crippen molar-refractivity contribution < 1.29 is 83.8 Å². The van der Waals surface area contributed by atoms with Gasteiger partial charge in [0, 0.05) is 108 Å². The van der Waals surface area contributed by atoms with Crippen LogP contribution in [0.4, 0.5) is 0 Å². The fraction of sp³-hybridized carbons (Fsp3) is 0.629. The molecule has 8 bridgehead atoms. The molecule has 498 valence electrons. The van der Waals surface area contributed by atoms with Gasteiger partial charge in [-0.1, -0.05) is 40.7 Å². The van der Waals surface area contributed by atoms with Crippen LogP contribution in [-0.4, -0.2) is 127 Å². The molecule has 29 heteroatoms. The van der Waals surface area contributed by atoms with Crippen molar-refractivity contribution in [3.05, 3.63) is 69.2 Å². The molecule has 6 aliphatic heterocycles. The van der Waals surface area contributed by atoms with Gasteiger partial charge in [0.05, 0.1) is 41.3 Å². The summed E-state index contributed by atoms with van der Waals surface area (Å²) in [5.74, 6) is -7.40. The Hall–Kier alpha value is -6.49. The minimum absolute atomic E-state index is 0. The Labute approximate surface area is 539 Å². The first-order valence-corrected chi connectivity index (χ1v) is 32.0. The van der Waals surface area contributed by atoms with Crippen molar-refractivity contribution in [2.24, 2.45) is 94.7 Å². The standard InChI is InChI=1S/C62H90N13O14P.Co/c1-29-20-39-40(21-30(29)2)75(28-70-39)57-52(84)53(41(27-76)87-57)89-90(85,86)88-31(3)26-69-49(83)18-19-59(8)37(22-46(66)80)56-62(11)61(10,25-48(68)82)36(14-17-45(65)79)51(74-62)33(5)55-60(9,24-47(67)81)34(12-15-43(63)77)38(71-55)23-42-58(6,7)35(13-16-44(64)78)50(72-42)32(4)54(59)73-56;/h20-21,23,28,31,34-37,41,52-53,56-57,76,84H,12-19,22,24-27H2,1-11H3,(H15,63,64,65,66,67,68,69,71,72,73,74,77,78,79,80,81,82,83,85,86);/q;+3/p-2/t31-,34-,35-,36-,37+,41-,52-,53-,56-,57+,59-,60+,61+,62+;/m1./s1. The molecular weight excluding hydrogens is 1240 g/mol. The van der Waals surface area contributed by atoms with Crippen molar-refractivity contribution in [3.8, 4) is 0 Å². The number of nitrogens with one attached hydrogen (secondary N) is 1. The molecule has 6 aliphatic rings. The van der Waals surface area contributed by atoms with Gasteiger partial charge in [-0.15, -0.1) is 0 Å². The van der Waals surface area contributed by atoms with Crippen molar-refractivity contribution in [1.29, 1.82) is 0 Å². The monoisotopic (exact) mass is 1330 g/mol. The fourth-order valence-electron chi connectivity index (χ4n) is 15.3. The summed E-state index contributed by atoms with van der Waals surface area (Å²) in [7, 11) is -5.32. The number of aliphatic hydroxyl groups excluding tert-OH is 2. The normalized spacial score (nSPS) is 33.8. The summed E-state index contributed by atoms with van der Waals surface area (Å²) < 4.78 is 31.9. The van der Waals surface area contributed by atoms with E-state index in [1.807, 2.05) is 80.5 Å². The Morgan fingerprint density at radius 1 is 0.791 bits per heavy atom. The molecule has 1 aromatic carbocycles. The third-order valence-corrected chi connectivity index (χ3v) is 21.6. The Kier molecular flexibility index (Phi) is 21.2. The summed E-state index contributed by atoms with van der Waals surface area (Å²) in [5.41, 5.74) is 36.7. The van der Waals surface area contributed by atoms with Gasteiger partial charge in [-0.05, 0) is 119 Å².